The Labute approximate surface area is 136 Å². The highest BCUT2D eigenvalue weighted by atomic mass is 19.1. The number of amides is 1. The van der Waals surface area contributed by atoms with Crippen LogP contribution in [0.15, 0.2) is 48.8 Å². The summed E-state index contributed by atoms with van der Waals surface area (Å²) in [6, 6.07) is 10.7. The summed E-state index contributed by atoms with van der Waals surface area (Å²) in [6.07, 6.45) is 4.04. The number of fused-ring (bicyclic) bond motifs is 2. The first-order valence-corrected chi connectivity index (χ1v) is 7.63. The summed E-state index contributed by atoms with van der Waals surface area (Å²) in [5.41, 5.74) is 8.83. The first kappa shape index (κ1) is 14.4. The zero-order valence-electron chi connectivity index (χ0n) is 12.8. The van der Waals surface area contributed by atoms with Gasteiger partial charge in [0.15, 0.2) is 0 Å². The molecule has 2 aromatic heterocycles. The largest absolute Gasteiger partial charge is 0.370 e. The monoisotopic (exact) mass is 322 g/mol. The molecule has 120 valence electrons. The number of halogens is 1. The van der Waals surface area contributed by atoms with Crippen LogP contribution in [0, 0.1) is 5.82 Å². The molecule has 3 N–H and O–H groups in total. The minimum absolute atomic E-state index is 0.259. The van der Waals surface area contributed by atoms with Gasteiger partial charge in [-0.1, -0.05) is 6.07 Å². The lowest BCUT2D eigenvalue weighted by Crippen LogP contribution is -2.14. The van der Waals surface area contributed by atoms with E-state index in [-0.39, 0.29) is 18.1 Å². The van der Waals surface area contributed by atoms with Crippen LogP contribution in [-0.4, -0.2) is 20.7 Å². The van der Waals surface area contributed by atoms with Crippen molar-refractivity contribution in [2.75, 3.05) is 0 Å². The van der Waals surface area contributed by atoms with Crippen molar-refractivity contribution in [2.45, 2.75) is 13.0 Å². The SMILES string of the molecule is NC(=O)CCn1cc2cc(-c3c[nH]c4cc(F)ccc34)ccc2n1. The molecule has 4 rings (SSSR count). The molecule has 0 aliphatic rings. The number of carbonyl (C=O) groups excluding carboxylic acids is 1. The summed E-state index contributed by atoms with van der Waals surface area (Å²) < 4.78 is 15.1. The summed E-state index contributed by atoms with van der Waals surface area (Å²) in [4.78, 5) is 14.0. The standard InChI is InChI=1S/C18H15FN4O/c19-13-2-3-14-15(9-21-17(14)8-13)11-1-4-16-12(7-11)10-23(22-16)6-5-18(20)24/h1-4,7-10,21H,5-6H2,(H2,20,24). The maximum atomic E-state index is 13.3. The molecule has 0 atom stereocenters. The van der Waals surface area contributed by atoms with Gasteiger partial charge in [-0.15, -0.1) is 0 Å². The molecule has 2 heterocycles. The van der Waals surface area contributed by atoms with Crippen molar-refractivity contribution in [1.29, 1.82) is 0 Å². The Balaban J connectivity index is 1.74. The van der Waals surface area contributed by atoms with Crippen molar-refractivity contribution in [2.24, 2.45) is 5.73 Å². The van der Waals surface area contributed by atoms with Gasteiger partial charge in [-0.05, 0) is 35.9 Å². The highest BCUT2D eigenvalue weighted by Gasteiger charge is 2.09. The second-order valence-corrected chi connectivity index (χ2v) is 5.77. The van der Waals surface area contributed by atoms with Crippen LogP contribution in [0.3, 0.4) is 0 Å². The van der Waals surface area contributed by atoms with E-state index >= 15 is 0 Å². The number of rotatable bonds is 4. The van der Waals surface area contributed by atoms with Crippen molar-refractivity contribution >= 4 is 27.7 Å². The second kappa shape index (κ2) is 5.49. The van der Waals surface area contributed by atoms with Crippen LogP contribution in [0.2, 0.25) is 0 Å². The first-order valence-electron chi connectivity index (χ1n) is 7.63. The van der Waals surface area contributed by atoms with Crippen LogP contribution < -0.4 is 5.73 Å². The Morgan fingerprint density at radius 2 is 2.12 bits per heavy atom. The first-order chi connectivity index (χ1) is 11.6. The third kappa shape index (κ3) is 2.52. The molecular formula is C18H15FN4O. The Hall–Kier alpha value is -3.15. The number of carbonyl (C=O) groups is 1. The Bertz CT molecular complexity index is 1060. The molecule has 0 bridgehead atoms. The van der Waals surface area contributed by atoms with Crippen LogP contribution >= 0.6 is 0 Å². The van der Waals surface area contributed by atoms with Gasteiger partial charge < -0.3 is 10.7 Å². The average Bonchev–Trinajstić information content (AvgIpc) is 3.14. The van der Waals surface area contributed by atoms with E-state index in [1.165, 1.54) is 12.1 Å². The van der Waals surface area contributed by atoms with Crippen molar-refractivity contribution in [3.63, 3.8) is 0 Å². The normalized spacial score (nSPS) is 11.4. The van der Waals surface area contributed by atoms with Crippen LogP contribution in [0.1, 0.15) is 6.42 Å². The molecule has 24 heavy (non-hydrogen) atoms. The van der Waals surface area contributed by atoms with E-state index in [2.05, 4.69) is 10.1 Å². The number of benzene rings is 2. The lowest BCUT2D eigenvalue weighted by Gasteiger charge is -2.00. The van der Waals surface area contributed by atoms with E-state index in [1.807, 2.05) is 30.6 Å². The molecule has 0 fully saturated rings. The fourth-order valence-corrected chi connectivity index (χ4v) is 2.92. The van der Waals surface area contributed by atoms with Gasteiger partial charge in [0.25, 0.3) is 0 Å². The van der Waals surface area contributed by atoms with Gasteiger partial charge in [0, 0.05) is 47.2 Å². The van der Waals surface area contributed by atoms with Crippen LogP contribution in [0.5, 0.6) is 0 Å². The van der Waals surface area contributed by atoms with Crippen molar-refractivity contribution in [3.8, 4) is 11.1 Å². The molecule has 0 spiro atoms. The maximum absolute atomic E-state index is 13.3. The Morgan fingerprint density at radius 1 is 1.25 bits per heavy atom. The van der Waals surface area contributed by atoms with Gasteiger partial charge in [0.05, 0.1) is 5.52 Å². The number of aryl methyl sites for hydroxylation is 1. The molecule has 5 nitrogen and oxygen atoms in total. The number of hydrogen-bond donors (Lipinski definition) is 2. The molecule has 0 radical (unpaired) electrons. The molecule has 0 aliphatic heterocycles. The topological polar surface area (TPSA) is 76.7 Å². The summed E-state index contributed by atoms with van der Waals surface area (Å²) in [5.74, 6) is -0.608. The minimum atomic E-state index is -0.346. The number of primary amides is 1. The molecule has 1 amide bonds. The molecule has 0 aliphatic carbocycles. The fourth-order valence-electron chi connectivity index (χ4n) is 2.92. The zero-order chi connectivity index (χ0) is 16.7. The van der Waals surface area contributed by atoms with Gasteiger partial charge in [-0.2, -0.15) is 5.10 Å². The highest BCUT2D eigenvalue weighted by molar-refractivity contribution is 5.97. The average molecular weight is 322 g/mol. The third-order valence-electron chi connectivity index (χ3n) is 4.09. The molecule has 6 heteroatoms. The van der Waals surface area contributed by atoms with Gasteiger partial charge in [-0.3, -0.25) is 9.48 Å². The zero-order valence-corrected chi connectivity index (χ0v) is 12.8. The van der Waals surface area contributed by atoms with E-state index in [9.17, 15) is 9.18 Å². The summed E-state index contributed by atoms with van der Waals surface area (Å²) in [6.45, 7) is 0.464. The van der Waals surface area contributed by atoms with E-state index < -0.39 is 0 Å². The number of nitrogens with zero attached hydrogens (tertiary/aromatic N) is 2. The number of H-pyrrole nitrogens is 1. The number of aromatic nitrogens is 3. The number of nitrogens with two attached hydrogens (primary N) is 1. The lowest BCUT2D eigenvalue weighted by atomic mass is 10.0. The summed E-state index contributed by atoms with van der Waals surface area (Å²) >= 11 is 0. The second-order valence-electron chi connectivity index (χ2n) is 5.77. The smallest absolute Gasteiger partial charge is 0.219 e. The van der Waals surface area contributed by atoms with E-state index in [4.69, 9.17) is 5.73 Å². The minimum Gasteiger partial charge on any atom is -0.370 e. The van der Waals surface area contributed by atoms with Gasteiger partial charge in [-0.25, -0.2) is 4.39 Å². The number of nitrogens with one attached hydrogen (secondary N) is 1. The predicted octanol–water partition coefficient (Wildman–Crippen LogP) is 3.20. The van der Waals surface area contributed by atoms with E-state index in [0.29, 0.717) is 6.54 Å². The molecule has 4 aromatic rings. The van der Waals surface area contributed by atoms with Crippen molar-refractivity contribution in [1.82, 2.24) is 14.8 Å². The Kier molecular flexibility index (Phi) is 3.30. The molecule has 0 saturated carbocycles. The number of aromatic amines is 1. The predicted molar refractivity (Wildman–Crippen MR) is 90.8 cm³/mol. The lowest BCUT2D eigenvalue weighted by molar-refractivity contribution is -0.118. The number of hydrogen-bond acceptors (Lipinski definition) is 2. The van der Waals surface area contributed by atoms with Crippen molar-refractivity contribution < 1.29 is 9.18 Å². The van der Waals surface area contributed by atoms with Crippen LogP contribution in [0.25, 0.3) is 32.9 Å². The molecule has 2 aromatic carbocycles. The summed E-state index contributed by atoms with van der Waals surface area (Å²) in [7, 11) is 0. The van der Waals surface area contributed by atoms with Crippen LogP contribution in [0.4, 0.5) is 4.39 Å². The van der Waals surface area contributed by atoms with Gasteiger partial charge in [0.1, 0.15) is 5.82 Å². The van der Waals surface area contributed by atoms with E-state index in [0.717, 1.165) is 32.9 Å². The van der Waals surface area contributed by atoms with Gasteiger partial charge >= 0.3 is 0 Å². The highest BCUT2D eigenvalue weighted by Crippen LogP contribution is 2.30. The Morgan fingerprint density at radius 3 is 2.96 bits per heavy atom. The van der Waals surface area contributed by atoms with Crippen molar-refractivity contribution in [3.05, 3.63) is 54.6 Å². The summed E-state index contributed by atoms with van der Waals surface area (Å²) in [5, 5.41) is 6.38. The van der Waals surface area contributed by atoms with E-state index in [1.54, 1.807) is 10.7 Å². The van der Waals surface area contributed by atoms with Gasteiger partial charge in [0.2, 0.25) is 5.91 Å². The third-order valence-corrected chi connectivity index (χ3v) is 4.09. The molecule has 0 unspecified atom stereocenters. The molecule has 0 saturated heterocycles. The quantitative estimate of drug-likeness (QED) is 0.605. The molecular weight excluding hydrogens is 307 g/mol. The maximum Gasteiger partial charge on any atom is 0.219 e. The fraction of sp³-hybridized carbons (Fsp3) is 0.111. The van der Waals surface area contributed by atoms with Crippen LogP contribution in [-0.2, 0) is 11.3 Å².